The van der Waals surface area contributed by atoms with Gasteiger partial charge in [0.25, 0.3) is 0 Å². The molecule has 2 atom stereocenters. The predicted molar refractivity (Wildman–Crippen MR) is 319 cm³/mol. The normalized spacial score (nSPS) is 12.4. The highest BCUT2D eigenvalue weighted by Gasteiger charge is 2.28. The van der Waals surface area contributed by atoms with Crippen molar-refractivity contribution in [1.82, 2.24) is 0 Å². The topological polar surface area (TPSA) is 52.6 Å². The third-order valence-electron chi connectivity index (χ3n) is 16.2. The van der Waals surface area contributed by atoms with E-state index in [2.05, 4.69) is 27.7 Å². The lowest BCUT2D eigenvalue weighted by Crippen LogP contribution is -2.32. The molecule has 0 radical (unpaired) electrons. The molecule has 0 aromatic heterocycles. The molecule has 0 aliphatic rings. The number of hydrogen-bond acceptors (Lipinski definition) is 4. The molecule has 0 N–H and O–H groups in total. The molecular weight excluding hydrogens is 881 g/mol. The molecule has 0 bridgehead atoms. The summed E-state index contributed by atoms with van der Waals surface area (Å²) < 4.78 is 12.2. The van der Waals surface area contributed by atoms with Crippen LogP contribution in [-0.4, -0.2) is 24.6 Å². The molecule has 0 saturated carbocycles. The first-order chi connectivity index (χ1) is 35.6. The van der Waals surface area contributed by atoms with Crippen molar-refractivity contribution >= 4 is 11.9 Å². The van der Waals surface area contributed by atoms with E-state index in [1.807, 2.05) is 0 Å². The molecule has 2 unspecified atom stereocenters. The third kappa shape index (κ3) is 55.2. The SMILES string of the molecule is CCCCCCCCCCCCCCCCCCC(CCCCCCCCCCCCCCCC)C(=O)OC(CCCCCCCCCCCCCC)C(=O)OCCCCCCCCCCCCCCCC. The van der Waals surface area contributed by atoms with Gasteiger partial charge in [0.2, 0.25) is 0 Å². The van der Waals surface area contributed by atoms with Gasteiger partial charge in [-0.05, 0) is 32.1 Å². The Labute approximate surface area is 454 Å². The number of carbonyl (C=O) groups excluding carboxylic acids is 2. The summed E-state index contributed by atoms with van der Waals surface area (Å²) in [6.07, 6.45) is 75.9. The second-order valence-corrected chi connectivity index (χ2v) is 23.5. The minimum atomic E-state index is -0.753. The van der Waals surface area contributed by atoms with Crippen LogP contribution in [0, 0.1) is 5.92 Å². The smallest absolute Gasteiger partial charge is 0.347 e. The largest absolute Gasteiger partial charge is 0.463 e. The number of esters is 2. The molecule has 72 heavy (non-hydrogen) atoms. The molecule has 0 amide bonds. The molecule has 430 valence electrons. The van der Waals surface area contributed by atoms with Crippen molar-refractivity contribution < 1.29 is 19.1 Å². The van der Waals surface area contributed by atoms with Crippen molar-refractivity contribution in [2.75, 3.05) is 6.61 Å². The van der Waals surface area contributed by atoms with E-state index >= 15 is 0 Å². The second kappa shape index (κ2) is 62.5. The van der Waals surface area contributed by atoms with E-state index in [4.69, 9.17) is 9.47 Å². The van der Waals surface area contributed by atoms with Crippen LogP contribution >= 0.6 is 0 Å². The van der Waals surface area contributed by atoms with Gasteiger partial charge in [-0.1, -0.05) is 374 Å². The summed E-state index contributed by atoms with van der Waals surface area (Å²) in [7, 11) is 0. The van der Waals surface area contributed by atoms with Gasteiger partial charge in [-0.15, -0.1) is 0 Å². The van der Waals surface area contributed by atoms with E-state index in [0.717, 1.165) is 51.4 Å². The molecule has 0 aromatic rings. The highest BCUT2D eigenvalue weighted by atomic mass is 16.6. The maximum absolute atomic E-state index is 14.1. The van der Waals surface area contributed by atoms with Gasteiger partial charge in [0.1, 0.15) is 0 Å². The predicted octanol–water partition coefficient (Wildman–Crippen LogP) is 24.2. The van der Waals surface area contributed by atoms with Gasteiger partial charge >= 0.3 is 11.9 Å². The fourth-order valence-electron chi connectivity index (χ4n) is 11.1. The zero-order chi connectivity index (χ0) is 52.2. The Hall–Kier alpha value is -1.06. The summed E-state index contributed by atoms with van der Waals surface area (Å²) in [6.45, 7) is 9.63. The third-order valence-corrected chi connectivity index (χ3v) is 16.2. The molecule has 0 aliphatic heterocycles. The highest BCUT2D eigenvalue weighted by Crippen LogP contribution is 2.24. The molecule has 4 nitrogen and oxygen atoms in total. The fourth-order valence-corrected chi connectivity index (χ4v) is 11.1. The first-order valence-corrected chi connectivity index (χ1v) is 34.0. The lowest BCUT2D eigenvalue weighted by Gasteiger charge is -2.21. The minimum Gasteiger partial charge on any atom is -0.463 e. The lowest BCUT2D eigenvalue weighted by molar-refractivity contribution is -0.171. The molecule has 0 aromatic carbocycles. The summed E-state index contributed by atoms with van der Waals surface area (Å²) in [5.74, 6) is -0.515. The molecule has 0 saturated heterocycles. The van der Waals surface area contributed by atoms with Crippen LogP contribution in [0.15, 0.2) is 0 Å². The van der Waals surface area contributed by atoms with Crippen LogP contribution in [-0.2, 0) is 19.1 Å². The Morgan fingerprint density at radius 1 is 0.236 bits per heavy atom. The Kier molecular flexibility index (Phi) is 61.6. The second-order valence-electron chi connectivity index (χ2n) is 23.5. The zero-order valence-electron chi connectivity index (χ0n) is 50.2. The van der Waals surface area contributed by atoms with Crippen molar-refractivity contribution in [1.29, 1.82) is 0 Å². The molecule has 0 rings (SSSR count). The molecule has 4 heteroatoms. The molecule has 0 heterocycles. The van der Waals surface area contributed by atoms with Crippen LogP contribution in [0.5, 0.6) is 0 Å². The summed E-state index contributed by atoms with van der Waals surface area (Å²) >= 11 is 0. The monoisotopic (exact) mass is 1020 g/mol. The van der Waals surface area contributed by atoms with Gasteiger partial charge in [-0.25, -0.2) is 4.79 Å². The molecule has 0 aliphatic carbocycles. The number of unbranched alkanes of at least 4 members (excludes halogenated alkanes) is 52. The van der Waals surface area contributed by atoms with Crippen LogP contribution in [0.1, 0.15) is 407 Å². The van der Waals surface area contributed by atoms with E-state index in [1.54, 1.807) is 0 Å². The Bertz CT molecular complexity index is 1030. The van der Waals surface area contributed by atoms with Gasteiger partial charge < -0.3 is 9.47 Å². The van der Waals surface area contributed by atoms with Crippen LogP contribution < -0.4 is 0 Å². The Balaban J connectivity index is 5.03. The first kappa shape index (κ1) is 70.9. The van der Waals surface area contributed by atoms with E-state index < -0.39 is 6.10 Å². The number of hydrogen-bond donors (Lipinski definition) is 0. The number of carbonyl (C=O) groups is 2. The van der Waals surface area contributed by atoms with Crippen molar-refractivity contribution in [3.63, 3.8) is 0 Å². The average molecular weight is 1020 g/mol. The minimum absolute atomic E-state index is 0.1000. The van der Waals surface area contributed by atoms with E-state index in [1.165, 1.54) is 321 Å². The zero-order valence-corrected chi connectivity index (χ0v) is 50.2. The van der Waals surface area contributed by atoms with Gasteiger partial charge in [0.15, 0.2) is 6.10 Å². The maximum Gasteiger partial charge on any atom is 0.347 e. The van der Waals surface area contributed by atoms with Crippen molar-refractivity contribution in [2.45, 2.75) is 413 Å². The lowest BCUT2D eigenvalue weighted by atomic mass is 9.94. The highest BCUT2D eigenvalue weighted by molar-refractivity contribution is 5.80. The average Bonchev–Trinajstić information content (AvgIpc) is 3.38. The summed E-state index contributed by atoms with van der Waals surface area (Å²) in [5.41, 5.74) is 0. The standard InChI is InChI=1S/C68H134O4/c1-5-9-13-17-21-25-29-33-36-37-39-42-46-50-54-58-62-65(61-57-53-49-45-41-38-34-30-26-22-18-14-10-6-2)67(69)72-66(63-59-55-51-47-43-32-28-24-20-16-12-8-4)68(70)71-64-60-56-52-48-44-40-35-31-27-23-19-15-11-7-3/h65-66H,5-64H2,1-4H3. The van der Waals surface area contributed by atoms with Gasteiger partial charge in [-0.3, -0.25) is 4.79 Å². The Morgan fingerprint density at radius 3 is 0.667 bits per heavy atom. The van der Waals surface area contributed by atoms with Crippen LogP contribution in [0.4, 0.5) is 0 Å². The summed E-state index contributed by atoms with van der Waals surface area (Å²) in [6, 6.07) is 0. The Morgan fingerprint density at radius 2 is 0.431 bits per heavy atom. The van der Waals surface area contributed by atoms with Crippen molar-refractivity contribution in [3.05, 3.63) is 0 Å². The van der Waals surface area contributed by atoms with E-state index in [9.17, 15) is 9.59 Å². The molecular formula is C68H134O4. The van der Waals surface area contributed by atoms with Gasteiger partial charge in [0, 0.05) is 0 Å². The van der Waals surface area contributed by atoms with Gasteiger partial charge in [0.05, 0.1) is 12.5 Å². The van der Waals surface area contributed by atoms with Crippen molar-refractivity contribution in [2.24, 2.45) is 5.92 Å². The number of ether oxygens (including phenoxy) is 2. The van der Waals surface area contributed by atoms with Crippen molar-refractivity contribution in [3.8, 4) is 0 Å². The fraction of sp³-hybridized carbons (Fsp3) is 0.971. The molecule has 0 spiro atoms. The van der Waals surface area contributed by atoms with Crippen LogP contribution in [0.25, 0.3) is 0 Å². The first-order valence-electron chi connectivity index (χ1n) is 34.0. The van der Waals surface area contributed by atoms with Crippen LogP contribution in [0.3, 0.4) is 0 Å². The number of rotatable bonds is 63. The van der Waals surface area contributed by atoms with E-state index in [-0.39, 0.29) is 17.9 Å². The van der Waals surface area contributed by atoms with Crippen LogP contribution in [0.2, 0.25) is 0 Å². The summed E-state index contributed by atoms with van der Waals surface area (Å²) in [5, 5.41) is 0. The van der Waals surface area contributed by atoms with E-state index in [0.29, 0.717) is 13.0 Å². The maximum atomic E-state index is 14.1. The quantitative estimate of drug-likeness (QED) is 0.0450. The molecule has 0 fully saturated rings. The summed E-state index contributed by atoms with van der Waals surface area (Å²) in [4.78, 5) is 27.8. The van der Waals surface area contributed by atoms with Gasteiger partial charge in [-0.2, -0.15) is 0 Å².